The van der Waals surface area contributed by atoms with Crippen LogP contribution < -0.4 is 25.4 Å². The minimum Gasteiger partial charge on any atom is -0.497 e. The Morgan fingerprint density at radius 2 is 1.65 bits per heavy atom. The van der Waals surface area contributed by atoms with Crippen LogP contribution in [0.2, 0.25) is 0 Å². The largest absolute Gasteiger partial charge is 0.497 e. The Kier molecular flexibility index (Phi) is 6.64. The molecule has 3 aromatic carbocycles. The molecule has 4 aromatic rings. The molecule has 1 amide bonds. The van der Waals surface area contributed by atoms with Gasteiger partial charge in [0.1, 0.15) is 29.3 Å². The molecule has 0 spiro atoms. The Labute approximate surface area is 216 Å². The Morgan fingerprint density at radius 3 is 2.32 bits per heavy atom. The molecule has 0 bridgehead atoms. The Balaban J connectivity index is 1.49. The molecule has 2 heterocycles. The van der Waals surface area contributed by atoms with Crippen molar-refractivity contribution >= 4 is 28.8 Å². The number of nitrogens with one attached hydrogen (secondary N) is 1. The van der Waals surface area contributed by atoms with E-state index in [9.17, 15) is 4.79 Å². The van der Waals surface area contributed by atoms with E-state index in [0.29, 0.717) is 29.3 Å². The molecule has 3 N–H and O–H groups in total. The number of anilines is 4. The highest BCUT2D eigenvalue weighted by atomic mass is 16.5. The number of ether oxygens (including phenoxy) is 2. The zero-order valence-electron chi connectivity index (χ0n) is 21.0. The van der Waals surface area contributed by atoms with Crippen molar-refractivity contribution in [3.05, 3.63) is 90.4 Å². The highest BCUT2D eigenvalue weighted by Gasteiger charge is 2.37. The third kappa shape index (κ3) is 4.78. The van der Waals surface area contributed by atoms with Crippen molar-refractivity contribution in [1.82, 2.24) is 9.97 Å². The minimum absolute atomic E-state index is 0.0564. The maximum Gasteiger partial charge on any atom is 0.232 e. The first-order valence-electron chi connectivity index (χ1n) is 12.1. The van der Waals surface area contributed by atoms with E-state index in [1.54, 1.807) is 12.0 Å². The third-order valence-electron chi connectivity index (χ3n) is 6.77. The van der Waals surface area contributed by atoms with Gasteiger partial charge in [0.05, 0.1) is 12.8 Å². The number of aromatic nitrogens is 2. The second-order valence-electron chi connectivity index (χ2n) is 8.97. The molecule has 0 aliphatic carbocycles. The predicted octanol–water partition coefficient (Wildman–Crippen LogP) is 5.86. The average molecular weight is 496 g/mol. The summed E-state index contributed by atoms with van der Waals surface area (Å²) >= 11 is 0. The lowest BCUT2D eigenvalue weighted by Crippen LogP contribution is -2.27. The molecule has 0 radical (unpaired) electrons. The number of benzene rings is 3. The quantitative estimate of drug-likeness (QED) is 0.345. The Morgan fingerprint density at radius 1 is 0.973 bits per heavy atom. The van der Waals surface area contributed by atoms with Crippen molar-refractivity contribution in [1.29, 1.82) is 0 Å². The van der Waals surface area contributed by atoms with Gasteiger partial charge in [0.15, 0.2) is 5.82 Å². The molecular formula is C29H29N5O3. The molecule has 8 heteroatoms. The highest BCUT2D eigenvalue weighted by molar-refractivity contribution is 6.04. The van der Waals surface area contributed by atoms with E-state index < -0.39 is 0 Å². The average Bonchev–Trinajstić information content (AvgIpc) is 3.04. The predicted molar refractivity (Wildman–Crippen MR) is 145 cm³/mol. The first-order chi connectivity index (χ1) is 18.0. The summed E-state index contributed by atoms with van der Waals surface area (Å²) in [6.07, 6.45) is 1.76. The molecule has 1 aliphatic rings. The number of hydrogen-bond donors (Lipinski definition) is 2. The number of methoxy groups -OCH3 is 1. The molecular weight excluding hydrogens is 466 g/mol. The lowest BCUT2D eigenvalue weighted by Gasteiger charge is -2.24. The summed E-state index contributed by atoms with van der Waals surface area (Å²) in [6.45, 7) is 2.09. The first-order valence-corrected chi connectivity index (χ1v) is 12.1. The normalized spacial score (nSPS) is 17.1. The smallest absolute Gasteiger partial charge is 0.232 e. The van der Waals surface area contributed by atoms with E-state index in [1.807, 2.05) is 67.7 Å². The van der Waals surface area contributed by atoms with Crippen LogP contribution in [-0.2, 0) is 4.79 Å². The number of carbonyl (C=O) groups is 1. The summed E-state index contributed by atoms with van der Waals surface area (Å²) in [5.74, 6) is 2.15. The van der Waals surface area contributed by atoms with Crippen LogP contribution in [0.5, 0.6) is 17.2 Å². The third-order valence-corrected chi connectivity index (χ3v) is 6.77. The van der Waals surface area contributed by atoms with E-state index in [4.69, 9.17) is 15.2 Å². The Bertz CT molecular complexity index is 1410. The fourth-order valence-electron chi connectivity index (χ4n) is 4.79. The van der Waals surface area contributed by atoms with Crippen LogP contribution in [0.25, 0.3) is 0 Å². The molecule has 0 saturated heterocycles. The summed E-state index contributed by atoms with van der Waals surface area (Å²) in [6, 6.07) is 22.8. The number of fused-ring (bicyclic) bond motifs is 1. The number of hydrogen-bond acceptors (Lipinski definition) is 7. The SMILES string of the molecule is CNc1cccc(C2CC(=O)N(c3ccc(Oc4ccc(OC)cc4)cc3)c3c(N)ncnc3C2C)c1. The molecule has 0 saturated carbocycles. The first kappa shape index (κ1) is 24.1. The van der Waals surface area contributed by atoms with E-state index >= 15 is 0 Å². The van der Waals surface area contributed by atoms with Crippen molar-refractivity contribution in [3.63, 3.8) is 0 Å². The molecule has 37 heavy (non-hydrogen) atoms. The lowest BCUT2D eigenvalue weighted by atomic mass is 9.83. The minimum atomic E-state index is -0.0733. The van der Waals surface area contributed by atoms with Crippen LogP contribution in [0, 0.1) is 0 Å². The van der Waals surface area contributed by atoms with Crippen LogP contribution in [-0.4, -0.2) is 30.0 Å². The molecule has 1 aromatic heterocycles. The number of nitrogens with two attached hydrogens (primary N) is 1. The molecule has 0 fully saturated rings. The number of nitrogen functional groups attached to an aromatic ring is 1. The van der Waals surface area contributed by atoms with Crippen molar-refractivity contribution in [2.24, 2.45) is 0 Å². The van der Waals surface area contributed by atoms with Gasteiger partial charge >= 0.3 is 0 Å². The summed E-state index contributed by atoms with van der Waals surface area (Å²) in [5.41, 5.74) is 10.4. The molecule has 1 aliphatic heterocycles. The topological polar surface area (TPSA) is 103 Å². The number of nitrogens with zero attached hydrogens (tertiary/aromatic N) is 3. The van der Waals surface area contributed by atoms with Gasteiger partial charge in [-0.05, 0) is 66.2 Å². The van der Waals surface area contributed by atoms with Crippen LogP contribution in [0.3, 0.4) is 0 Å². The zero-order valence-corrected chi connectivity index (χ0v) is 21.0. The standard InChI is InChI=1S/C29H29N5O3/c1-18-25(19-5-4-6-20(15-19)31-2)16-26(35)34(28-27(18)32-17-33-29(28)30)21-7-9-23(10-8-21)37-24-13-11-22(36-3)12-14-24/h4-15,17-18,25,31H,16H2,1-3H3,(H2,30,32,33). The van der Waals surface area contributed by atoms with Gasteiger partial charge in [-0.3, -0.25) is 9.69 Å². The van der Waals surface area contributed by atoms with E-state index in [1.165, 1.54) is 6.33 Å². The van der Waals surface area contributed by atoms with Crippen LogP contribution in [0.4, 0.5) is 22.9 Å². The molecule has 5 rings (SSSR count). The number of carbonyl (C=O) groups excluding carboxylic acids is 1. The van der Waals surface area contributed by atoms with Crippen molar-refractivity contribution < 1.29 is 14.3 Å². The van der Waals surface area contributed by atoms with E-state index in [2.05, 4.69) is 34.3 Å². The van der Waals surface area contributed by atoms with Gasteiger partial charge in [-0.15, -0.1) is 0 Å². The Hall–Kier alpha value is -4.59. The molecule has 2 atom stereocenters. The van der Waals surface area contributed by atoms with Crippen molar-refractivity contribution in [3.8, 4) is 17.2 Å². The van der Waals surface area contributed by atoms with Gasteiger partial charge in [-0.25, -0.2) is 9.97 Å². The second kappa shape index (κ2) is 10.2. The summed E-state index contributed by atoms with van der Waals surface area (Å²) < 4.78 is 11.2. The lowest BCUT2D eigenvalue weighted by molar-refractivity contribution is -0.118. The van der Waals surface area contributed by atoms with Gasteiger partial charge in [-0.1, -0.05) is 19.1 Å². The number of amides is 1. The summed E-state index contributed by atoms with van der Waals surface area (Å²) in [5, 5.41) is 3.18. The number of rotatable bonds is 6. The van der Waals surface area contributed by atoms with Gasteiger partial charge < -0.3 is 20.5 Å². The van der Waals surface area contributed by atoms with Crippen LogP contribution in [0.15, 0.2) is 79.1 Å². The molecule has 2 unspecified atom stereocenters. The van der Waals surface area contributed by atoms with Crippen molar-refractivity contribution in [2.75, 3.05) is 30.1 Å². The van der Waals surface area contributed by atoms with E-state index in [0.717, 1.165) is 22.7 Å². The fraction of sp³-hybridized carbons (Fsp3) is 0.207. The van der Waals surface area contributed by atoms with E-state index in [-0.39, 0.29) is 23.6 Å². The molecule has 188 valence electrons. The second-order valence-corrected chi connectivity index (χ2v) is 8.97. The summed E-state index contributed by atoms with van der Waals surface area (Å²) in [4.78, 5) is 24.3. The van der Waals surface area contributed by atoms with Gasteiger partial charge in [-0.2, -0.15) is 0 Å². The van der Waals surface area contributed by atoms with Crippen LogP contribution >= 0.6 is 0 Å². The zero-order chi connectivity index (χ0) is 25.9. The summed E-state index contributed by atoms with van der Waals surface area (Å²) in [7, 11) is 3.50. The highest BCUT2D eigenvalue weighted by Crippen LogP contribution is 2.46. The maximum atomic E-state index is 13.8. The van der Waals surface area contributed by atoms with Gasteiger partial charge in [0.25, 0.3) is 0 Å². The van der Waals surface area contributed by atoms with Gasteiger partial charge in [0.2, 0.25) is 5.91 Å². The fourth-order valence-corrected chi connectivity index (χ4v) is 4.79. The van der Waals surface area contributed by atoms with Crippen LogP contribution in [0.1, 0.15) is 36.4 Å². The van der Waals surface area contributed by atoms with Gasteiger partial charge in [0, 0.05) is 36.7 Å². The van der Waals surface area contributed by atoms with Crippen molar-refractivity contribution in [2.45, 2.75) is 25.2 Å². The monoisotopic (exact) mass is 495 g/mol. The molecule has 8 nitrogen and oxygen atoms in total. The maximum absolute atomic E-state index is 13.8.